The Morgan fingerprint density at radius 2 is 1.68 bits per heavy atom. The number of aromatic nitrogens is 2. The normalized spacial score (nSPS) is 14.1. The highest BCUT2D eigenvalue weighted by molar-refractivity contribution is 7.90. The molecule has 1 aliphatic carbocycles. The van der Waals surface area contributed by atoms with Gasteiger partial charge < -0.3 is 4.90 Å². The molecule has 1 aromatic heterocycles. The molecule has 2 aromatic carbocycles. The van der Waals surface area contributed by atoms with Crippen LogP contribution in [0.3, 0.4) is 0 Å². The van der Waals surface area contributed by atoms with Crippen LogP contribution in [0, 0.1) is 5.92 Å². The third-order valence-electron chi connectivity index (χ3n) is 6.26. The van der Waals surface area contributed by atoms with Crippen molar-refractivity contribution in [2.75, 3.05) is 18.5 Å². The van der Waals surface area contributed by atoms with Crippen molar-refractivity contribution in [3.63, 3.8) is 0 Å². The Hall–Kier alpha value is -3.26. The number of anilines is 1. The minimum Gasteiger partial charge on any atom is -0.344 e. The molecule has 1 fully saturated rings. The van der Waals surface area contributed by atoms with Gasteiger partial charge in [-0.25, -0.2) is 23.1 Å². The molecule has 178 valence electrons. The third-order valence-corrected chi connectivity index (χ3v) is 7.60. The number of amides is 1. The maximum Gasteiger partial charge on any atom is 0.268 e. The summed E-state index contributed by atoms with van der Waals surface area (Å²) < 4.78 is 27.6. The summed E-state index contributed by atoms with van der Waals surface area (Å²) in [6, 6.07) is 18.1. The molecule has 0 atom stereocenters. The zero-order chi connectivity index (χ0) is 24.0. The van der Waals surface area contributed by atoms with Gasteiger partial charge >= 0.3 is 0 Å². The Bertz CT molecular complexity index is 1210. The fourth-order valence-electron chi connectivity index (χ4n) is 4.30. The summed E-state index contributed by atoms with van der Waals surface area (Å²) in [5.41, 5.74) is 2.04. The summed E-state index contributed by atoms with van der Waals surface area (Å²) in [4.78, 5) is 24.2. The van der Waals surface area contributed by atoms with Crippen LogP contribution in [-0.4, -0.2) is 37.9 Å². The largest absolute Gasteiger partial charge is 0.344 e. The minimum atomic E-state index is -3.98. The zero-order valence-corrected chi connectivity index (χ0v) is 20.2. The maximum atomic E-state index is 13.0. The van der Waals surface area contributed by atoms with Crippen molar-refractivity contribution in [1.82, 2.24) is 14.7 Å². The molecule has 1 heterocycles. The van der Waals surface area contributed by atoms with E-state index in [-0.39, 0.29) is 10.5 Å². The van der Waals surface area contributed by atoms with Gasteiger partial charge in [-0.2, -0.15) is 0 Å². The van der Waals surface area contributed by atoms with Crippen LogP contribution in [0.15, 0.2) is 71.8 Å². The molecule has 8 heteroatoms. The van der Waals surface area contributed by atoms with E-state index in [1.807, 2.05) is 30.1 Å². The van der Waals surface area contributed by atoms with Crippen molar-refractivity contribution < 1.29 is 13.2 Å². The highest BCUT2D eigenvalue weighted by Crippen LogP contribution is 2.29. The lowest BCUT2D eigenvalue weighted by molar-refractivity contribution is 0.0979. The molecule has 1 amide bonds. The number of hydrogen-bond acceptors (Lipinski definition) is 6. The lowest BCUT2D eigenvalue weighted by Gasteiger charge is -2.20. The van der Waals surface area contributed by atoms with Gasteiger partial charge in [0.25, 0.3) is 15.9 Å². The molecule has 4 rings (SSSR count). The standard InChI is InChI=1S/C26H30N4O3S/c1-30(17-16-20-10-4-2-5-11-20)26-27-19-23(24(28-26)18-21-12-8-9-13-21)25(31)29-34(32,33)22-14-6-3-7-15-22/h2-7,10-11,14-15,19,21H,8-9,12-13,16-18H2,1H3,(H,29,31). The number of rotatable bonds is 9. The second-order valence-corrected chi connectivity index (χ2v) is 10.5. The van der Waals surface area contributed by atoms with Crippen molar-refractivity contribution in [2.45, 2.75) is 43.4 Å². The number of nitrogens with one attached hydrogen (secondary N) is 1. The minimum absolute atomic E-state index is 0.0406. The van der Waals surface area contributed by atoms with E-state index in [1.165, 1.54) is 36.7 Å². The van der Waals surface area contributed by atoms with Crippen LogP contribution in [0.1, 0.15) is 47.3 Å². The smallest absolute Gasteiger partial charge is 0.268 e. The quantitative estimate of drug-likeness (QED) is 0.500. The lowest BCUT2D eigenvalue weighted by Crippen LogP contribution is -2.32. The predicted molar refractivity (Wildman–Crippen MR) is 132 cm³/mol. The van der Waals surface area contributed by atoms with Crippen molar-refractivity contribution in [3.05, 3.63) is 83.7 Å². The van der Waals surface area contributed by atoms with Crippen LogP contribution in [0.25, 0.3) is 0 Å². The van der Waals surface area contributed by atoms with E-state index in [4.69, 9.17) is 4.98 Å². The Labute approximate surface area is 201 Å². The molecule has 0 radical (unpaired) electrons. The van der Waals surface area contributed by atoms with Crippen LogP contribution >= 0.6 is 0 Å². The van der Waals surface area contributed by atoms with Gasteiger partial charge in [-0.15, -0.1) is 0 Å². The number of hydrogen-bond donors (Lipinski definition) is 1. The lowest BCUT2D eigenvalue weighted by atomic mass is 9.99. The molecule has 3 aromatic rings. The van der Waals surface area contributed by atoms with Crippen molar-refractivity contribution in [3.8, 4) is 0 Å². The van der Waals surface area contributed by atoms with Gasteiger partial charge in [-0.1, -0.05) is 74.2 Å². The van der Waals surface area contributed by atoms with Crippen LogP contribution in [-0.2, 0) is 22.9 Å². The summed E-state index contributed by atoms with van der Waals surface area (Å²) in [7, 11) is -2.06. The van der Waals surface area contributed by atoms with E-state index in [0.717, 1.165) is 25.8 Å². The Kier molecular flexibility index (Phi) is 7.57. The van der Waals surface area contributed by atoms with E-state index in [2.05, 4.69) is 21.8 Å². The molecular formula is C26H30N4O3S. The Morgan fingerprint density at radius 1 is 1.03 bits per heavy atom. The summed E-state index contributed by atoms with van der Waals surface area (Å²) in [6.07, 6.45) is 7.46. The topological polar surface area (TPSA) is 92.3 Å². The predicted octanol–water partition coefficient (Wildman–Crippen LogP) is 4.01. The highest BCUT2D eigenvalue weighted by Gasteiger charge is 2.25. The number of benzene rings is 2. The van der Waals surface area contributed by atoms with Crippen LogP contribution in [0.4, 0.5) is 5.95 Å². The van der Waals surface area contributed by atoms with Gasteiger partial charge in [0.05, 0.1) is 16.2 Å². The van der Waals surface area contributed by atoms with Gasteiger partial charge in [0.2, 0.25) is 5.95 Å². The van der Waals surface area contributed by atoms with Crippen molar-refractivity contribution >= 4 is 21.9 Å². The number of carbonyl (C=O) groups excluding carboxylic acids is 1. The molecule has 0 spiro atoms. The second-order valence-electron chi connectivity index (χ2n) is 8.79. The molecular weight excluding hydrogens is 448 g/mol. The first-order valence-electron chi connectivity index (χ1n) is 11.7. The van der Waals surface area contributed by atoms with E-state index in [9.17, 15) is 13.2 Å². The van der Waals surface area contributed by atoms with Crippen LogP contribution in [0.5, 0.6) is 0 Å². The van der Waals surface area contributed by atoms with Gasteiger partial charge in [-0.3, -0.25) is 4.79 Å². The van der Waals surface area contributed by atoms with E-state index < -0.39 is 15.9 Å². The number of likely N-dealkylation sites (N-methyl/N-ethyl adjacent to an activating group) is 1. The fraction of sp³-hybridized carbons (Fsp3) is 0.346. The molecule has 7 nitrogen and oxygen atoms in total. The summed E-state index contributed by atoms with van der Waals surface area (Å²) in [6.45, 7) is 0.723. The van der Waals surface area contributed by atoms with Crippen molar-refractivity contribution in [2.24, 2.45) is 5.92 Å². The monoisotopic (exact) mass is 478 g/mol. The number of sulfonamides is 1. The third kappa shape index (κ3) is 5.99. The first kappa shape index (κ1) is 23.9. The second kappa shape index (κ2) is 10.8. The first-order valence-corrected chi connectivity index (χ1v) is 13.1. The number of nitrogens with zero attached hydrogens (tertiary/aromatic N) is 3. The maximum absolute atomic E-state index is 13.0. The van der Waals surface area contributed by atoms with E-state index in [0.29, 0.717) is 24.0 Å². The van der Waals surface area contributed by atoms with Gasteiger partial charge in [0, 0.05) is 19.8 Å². The molecule has 1 aliphatic rings. The molecule has 1 N–H and O–H groups in total. The summed E-state index contributed by atoms with van der Waals surface area (Å²) >= 11 is 0. The first-order chi connectivity index (χ1) is 16.4. The van der Waals surface area contributed by atoms with E-state index >= 15 is 0 Å². The molecule has 1 saturated carbocycles. The van der Waals surface area contributed by atoms with Gasteiger partial charge in [0.1, 0.15) is 0 Å². The van der Waals surface area contributed by atoms with Crippen LogP contribution in [0.2, 0.25) is 0 Å². The SMILES string of the molecule is CN(CCc1ccccc1)c1ncc(C(=O)NS(=O)(=O)c2ccccc2)c(CC2CCCC2)n1. The molecule has 0 aliphatic heterocycles. The van der Waals surface area contributed by atoms with Crippen molar-refractivity contribution in [1.29, 1.82) is 0 Å². The molecule has 0 unspecified atom stereocenters. The molecule has 34 heavy (non-hydrogen) atoms. The highest BCUT2D eigenvalue weighted by atomic mass is 32.2. The average Bonchev–Trinajstić information content (AvgIpc) is 3.36. The fourth-order valence-corrected chi connectivity index (χ4v) is 5.29. The summed E-state index contributed by atoms with van der Waals surface area (Å²) in [5, 5.41) is 0. The average molecular weight is 479 g/mol. The van der Waals surface area contributed by atoms with Gasteiger partial charge in [0.15, 0.2) is 0 Å². The van der Waals surface area contributed by atoms with Gasteiger partial charge in [-0.05, 0) is 36.5 Å². The molecule has 0 bridgehead atoms. The zero-order valence-electron chi connectivity index (χ0n) is 19.4. The Balaban J connectivity index is 1.55. The summed E-state index contributed by atoms with van der Waals surface area (Å²) in [5.74, 6) is 0.274. The number of carbonyl (C=O) groups is 1. The van der Waals surface area contributed by atoms with E-state index in [1.54, 1.807) is 18.2 Å². The molecule has 0 saturated heterocycles. The Morgan fingerprint density at radius 3 is 2.35 bits per heavy atom. The van der Waals surface area contributed by atoms with Crippen LogP contribution < -0.4 is 9.62 Å².